The normalized spacial score (nSPS) is 9.89. The Morgan fingerprint density at radius 3 is 2.78 bits per heavy atom. The molecule has 0 bridgehead atoms. The zero-order valence-electron chi connectivity index (χ0n) is 10.1. The van der Waals surface area contributed by atoms with Gasteiger partial charge in [-0.05, 0) is 18.7 Å². The van der Waals surface area contributed by atoms with E-state index in [-0.39, 0.29) is 18.0 Å². The molecular formula is C11H14N2O5. The standard InChI is InChI=1S/C11H14N2O5/c1-12-6-8-3-4-9(13(15)16)10(5-8)18-7-11(14)17-2/h3-5,12H,6-7H2,1-2H3. The van der Waals surface area contributed by atoms with Crippen LogP contribution < -0.4 is 10.1 Å². The van der Waals surface area contributed by atoms with Gasteiger partial charge in [-0.3, -0.25) is 10.1 Å². The maximum atomic E-state index is 10.9. The van der Waals surface area contributed by atoms with Crippen LogP contribution in [-0.2, 0) is 16.1 Å². The number of carbonyl (C=O) groups is 1. The van der Waals surface area contributed by atoms with Gasteiger partial charge in [0, 0.05) is 12.6 Å². The lowest BCUT2D eigenvalue weighted by Gasteiger charge is -2.07. The fourth-order valence-corrected chi connectivity index (χ4v) is 1.33. The van der Waals surface area contributed by atoms with Gasteiger partial charge >= 0.3 is 11.7 Å². The highest BCUT2D eigenvalue weighted by Gasteiger charge is 2.16. The number of hydrogen-bond acceptors (Lipinski definition) is 6. The SMILES string of the molecule is CNCc1ccc([N+](=O)[O-])c(OCC(=O)OC)c1. The predicted octanol–water partition coefficient (Wildman–Crippen LogP) is 0.866. The second kappa shape index (κ2) is 6.55. The van der Waals surface area contributed by atoms with Crippen LogP contribution in [0.15, 0.2) is 18.2 Å². The largest absolute Gasteiger partial charge is 0.475 e. The van der Waals surface area contributed by atoms with Gasteiger partial charge in [0.15, 0.2) is 12.4 Å². The van der Waals surface area contributed by atoms with Crippen molar-refractivity contribution in [2.24, 2.45) is 0 Å². The van der Waals surface area contributed by atoms with E-state index >= 15 is 0 Å². The number of nitrogens with one attached hydrogen (secondary N) is 1. The Labute approximate surface area is 104 Å². The van der Waals surface area contributed by atoms with Gasteiger partial charge in [0.1, 0.15) is 0 Å². The van der Waals surface area contributed by atoms with Gasteiger partial charge in [-0.15, -0.1) is 0 Å². The summed E-state index contributed by atoms with van der Waals surface area (Å²) in [4.78, 5) is 21.2. The molecular weight excluding hydrogens is 240 g/mol. The summed E-state index contributed by atoms with van der Waals surface area (Å²) in [6.45, 7) is 0.187. The minimum absolute atomic E-state index is 0.0538. The van der Waals surface area contributed by atoms with E-state index in [0.29, 0.717) is 6.54 Å². The van der Waals surface area contributed by atoms with Crippen molar-refractivity contribution in [2.45, 2.75) is 6.54 Å². The zero-order valence-corrected chi connectivity index (χ0v) is 10.1. The van der Waals surface area contributed by atoms with Gasteiger partial charge in [0.2, 0.25) is 0 Å². The molecule has 0 aliphatic rings. The fourth-order valence-electron chi connectivity index (χ4n) is 1.33. The van der Waals surface area contributed by atoms with Gasteiger partial charge in [-0.25, -0.2) is 4.79 Å². The molecule has 18 heavy (non-hydrogen) atoms. The minimum Gasteiger partial charge on any atom is -0.475 e. The lowest BCUT2D eigenvalue weighted by molar-refractivity contribution is -0.385. The lowest BCUT2D eigenvalue weighted by Crippen LogP contribution is -2.13. The summed E-state index contributed by atoms with van der Waals surface area (Å²) >= 11 is 0. The average molecular weight is 254 g/mol. The molecule has 0 unspecified atom stereocenters. The number of nitrogens with zero attached hydrogens (tertiary/aromatic N) is 1. The molecule has 0 spiro atoms. The third-order valence-corrected chi connectivity index (χ3v) is 2.18. The van der Waals surface area contributed by atoms with Crippen molar-refractivity contribution in [3.05, 3.63) is 33.9 Å². The second-order valence-electron chi connectivity index (χ2n) is 3.45. The number of benzene rings is 1. The third-order valence-electron chi connectivity index (χ3n) is 2.18. The van der Waals surface area contributed by atoms with Crippen LogP contribution in [0.5, 0.6) is 5.75 Å². The summed E-state index contributed by atoms with van der Waals surface area (Å²) in [6, 6.07) is 4.50. The first-order valence-electron chi connectivity index (χ1n) is 5.20. The van der Waals surface area contributed by atoms with E-state index in [2.05, 4.69) is 10.1 Å². The van der Waals surface area contributed by atoms with Crippen LogP contribution in [0.4, 0.5) is 5.69 Å². The summed E-state index contributed by atoms with van der Waals surface area (Å²) in [6.07, 6.45) is 0. The monoisotopic (exact) mass is 254 g/mol. The molecule has 1 aromatic rings. The first-order valence-corrected chi connectivity index (χ1v) is 5.20. The van der Waals surface area contributed by atoms with E-state index in [9.17, 15) is 14.9 Å². The highest BCUT2D eigenvalue weighted by atomic mass is 16.6. The van der Waals surface area contributed by atoms with Crippen LogP contribution in [-0.4, -0.2) is 31.7 Å². The minimum atomic E-state index is -0.594. The number of rotatable bonds is 6. The fraction of sp³-hybridized carbons (Fsp3) is 0.364. The summed E-state index contributed by atoms with van der Waals surface area (Å²) in [7, 11) is 2.98. The number of ether oxygens (including phenoxy) is 2. The van der Waals surface area contributed by atoms with Crippen molar-refractivity contribution in [1.82, 2.24) is 5.32 Å². The van der Waals surface area contributed by atoms with Gasteiger partial charge in [-0.2, -0.15) is 0 Å². The molecule has 0 atom stereocenters. The Kier molecular flexibility index (Phi) is 5.06. The molecule has 0 heterocycles. The topological polar surface area (TPSA) is 90.7 Å². The Hall–Kier alpha value is -2.15. The summed E-state index contributed by atoms with van der Waals surface area (Å²) in [5.41, 5.74) is 0.640. The quantitative estimate of drug-likeness (QED) is 0.460. The van der Waals surface area contributed by atoms with E-state index in [1.807, 2.05) is 0 Å². The summed E-state index contributed by atoms with van der Waals surface area (Å²) in [5, 5.41) is 13.7. The van der Waals surface area contributed by atoms with Crippen molar-refractivity contribution in [2.75, 3.05) is 20.8 Å². The van der Waals surface area contributed by atoms with Crippen molar-refractivity contribution in [3.63, 3.8) is 0 Å². The van der Waals surface area contributed by atoms with Crippen LogP contribution >= 0.6 is 0 Å². The molecule has 1 aromatic carbocycles. The van der Waals surface area contributed by atoms with Gasteiger partial charge in [0.25, 0.3) is 0 Å². The molecule has 0 saturated carbocycles. The predicted molar refractivity (Wildman–Crippen MR) is 63.4 cm³/mol. The first kappa shape index (κ1) is 13.9. The van der Waals surface area contributed by atoms with E-state index in [4.69, 9.17) is 4.74 Å². The van der Waals surface area contributed by atoms with Crippen molar-refractivity contribution in [3.8, 4) is 5.75 Å². The number of hydrogen-bond donors (Lipinski definition) is 1. The molecule has 0 aliphatic carbocycles. The smallest absolute Gasteiger partial charge is 0.343 e. The number of nitro benzene ring substituents is 1. The van der Waals surface area contributed by atoms with Gasteiger partial charge in [-0.1, -0.05) is 6.07 Å². The lowest BCUT2D eigenvalue weighted by atomic mass is 10.2. The Bertz CT molecular complexity index is 447. The number of esters is 1. The third kappa shape index (κ3) is 3.70. The van der Waals surface area contributed by atoms with Crippen molar-refractivity contribution >= 4 is 11.7 Å². The van der Waals surface area contributed by atoms with Gasteiger partial charge < -0.3 is 14.8 Å². The molecule has 0 aliphatic heterocycles. The van der Waals surface area contributed by atoms with Crippen molar-refractivity contribution in [1.29, 1.82) is 0 Å². The summed E-state index contributed by atoms with van der Waals surface area (Å²) < 4.78 is 9.50. The Balaban J connectivity index is 2.92. The van der Waals surface area contributed by atoms with Crippen LogP contribution in [0.25, 0.3) is 0 Å². The molecule has 7 heteroatoms. The van der Waals surface area contributed by atoms with Gasteiger partial charge in [0.05, 0.1) is 12.0 Å². The molecule has 1 rings (SSSR count). The molecule has 0 saturated heterocycles. The Morgan fingerprint density at radius 2 is 2.22 bits per heavy atom. The summed E-state index contributed by atoms with van der Waals surface area (Å²) in [5.74, 6) is -0.540. The van der Waals surface area contributed by atoms with E-state index in [1.54, 1.807) is 13.1 Å². The number of nitro groups is 1. The number of carbonyl (C=O) groups excluding carboxylic acids is 1. The van der Waals surface area contributed by atoms with Crippen LogP contribution in [0.2, 0.25) is 0 Å². The van der Waals surface area contributed by atoms with E-state index < -0.39 is 10.9 Å². The molecule has 0 fully saturated rings. The highest BCUT2D eigenvalue weighted by Crippen LogP contribution is 2.27. The molecule has 0 amide bonds. The molecule has 0 radical (unpaired) electrons. The van der Waals surface area contributed by atoms with E-state index in [0.717, 1.165) is 5.56 Å². The molecule has 0 aromatic heterocycles. The highest BCUT2D eigenvalue weighted by molar-refractivity contribution is 5.71. The first-order chi connectivity index (χ1) is 8.58. The maximum Gasteiger partial charge on any atom is 0.343 e. The average Bonchev–Trinajstić information content (AvgIpc) is 2.36. The Morgan fingerprint density at radius 1 is 1.50 bits per heavy atom. The maximum absolute atomic E-state index is 10.9. The van der Waals surface area contributed by atoms with E-state index in [1.165, 1.54) is 19.2 Å². The van der Waals surface area contributed by atoms with Crippen LogP contribution in [0.3, 0.4) is 0 Å². The number of methoxy groups -OCH3 is 1. The van der Waals surface area contributed by atoms with Crippen LogP contribution in [0, 0.1) is 10.1 Å². The molecule has 7 nitrogen and oxygen atoms in total. The zero-order chi connectivity index (χ0) is 13.5. The van der Waals surface area contributed by atoms with Crippen molar-refractivity contribution < 1.29 is 19.2 Å². The molecule has 1 N–H and O–H groups in total. The molecule has 98 valence electrons. The van der Waals surface area contributed by atoms with Crippen LogP contribution in [0.1, 0.15) is 5.56 Å². The second-order valence-corrected chi connectivity index (χ2v) is 3.45.